The lowest BCUT2D eigenvalue weighted by Crippen LogP contribution is -2.43. The van der Waals surface area contributed by atoms with Crippen molar-refractivity contribution < 1.29 is 36.2 Å². The number of ether oxygens (including phenoxy) is 2. The predicted molar refractivity (Wildman–Crippen MR) is 119 cm³/mol. The number of carbonyl (C=O) groups excluding carboxylic acids is 1. The van der Waals surface area contributed by atoms with Gasteiger partial charge in [-0.1, -0.05) is 11.8 Å². The van der Waals surface area contributed by atoms with Gasteiger partial charge in [0.1, 0.15) is 5.69 Å². The molecule has 0 spiro atoms. The quantitative estimate of drug-likeness (QED) is 0.532. The maximum Gasteiger partial charge on any atom is 0.422 e. The van der Waals surface area contributed by atoms with E-state index in [-0.39, 0.29) is 35.1 Å². The number of nitrogens with two attached hydrogens (primary N) is 1. The normalized spacial score (nSPS) is 22.5. The van der Waals surface area contributed by atoms with Gasteiger partial charge in [0.2, 0.25) is 5.88 Å². The van der Waals surface area contributed by atoms with Crippen molar-refractivity contribution in [2.75, 3.05) is 25.6 Å². The first-order chi connectivity index (χ1) is 16.2. The molecule has 2 aromatic rings. The van der Waals surface area contributed by atoms with Crippen LogP contribution in [0.3, 0.4) is 0 Å². The minimum Gasteiger partial charge on any atom is -0.467 e. The molecule has 8 nitrogen and oxygen atoms in total. The smallest absolute Gasteiger partial charge is 0.422 e. The van der Waals surface area contributed by atoms with Crippen LogP contribution in [0.4, 0.5) is 27.6 Å². The van der Waals surface area contributed by atoms with Crippen LogP contribution in [0.25, 0.3) is 0 Å². The summed E-state index contributed by atoms with van der Waals surface area (Å²) in [7, 11) is 1.51. The van der Waals surface area contributed by atoms with E-state index in [1.165, 1.54) is 24.9 Å². The fraction of sp³-hybridized carbons (Fsp3) is 0.429. The second kappa shape index (κ2) is 9.93. The number of methoxy groups -OCH3 is 1. The number of aliphatic imine (C=N–C) groups is 1. The molecule has 190 valence electrons. The first-order valence-electron chi connectivity index (χ1n) is 10.1. The van der Waals surface area contributed by atoms with Crippen molar-refractivity contribution in [1.29, 1.82) is 0 Å². The molecule has 1 amide bonds. The summed E-state index contributed by atoms with van der Waals surface area (Å²) in [5.41, 5.74) is 4.22. The third-order valence-corrected chi connectivity index (χ3v) is 6.04. The molecule has 1 aromatic heterocycles. The third-order valence-electron chi connectivity index (χ3n) is 4.99. The van der Waals surface area contributed by atoms with Gasteiger partial charge in [0, 0.05) is 29.2 Å². The Hall–Kier alpha value is -3.00. The number of aromatic nitrogens is 2. The Morgan fingerprint density at radius 3 is 2.54 bits per heavy atom. The van der Waals surface area contributed by atoms with Crippen LogP contribution < -0.4 is 15.8 Å². The maximum absolute atomic E-state index is 14.9. The van der Waals surface area contributed by atoms with Crippen molar-refractivity contribution in [3.8, 4) is 5.88 Å². The topological polar surface area (TPSA) is 112 Å². The fourth-order valence-corrected chi connectivity index (χ4v) is 5.06. The molecule has 0 radical (unpaired) electrons. The number of nitrogens with zero attached hydrogens (tertiary/aromatic N) is 3. The summed E-state index contributed by atoms with van der Waals surface area (Å²) in [5, 5.41) is 2.55. The van der Waals surface area contributed by atoms with Gasteiger partial charge >= 0.3 is 6.18 Å². The van der Waals surface area contributed by atoms with E-state index < -0.39 is 46.5 Å². The first-order valence-corrected chi connectivity index (χ1v) is 10.9. The minimum atomic E-state index is -4.56. The Labute approximate surface area is 201 Å². The van der Waals surface area contributed by atoms with E-state index in [1.54, 1.807) is 6.92 Å². The summed E-state index contributed by atoms with van der Waals surface area (Å²) >= 11 is 1.27. The number of anilines is 1. The molecule has 0 saturated heterocycles. The second-order valence-electron chi connectivity index (χ2n) is 8.30. The molecule has 2 heterocycles. The van der Waals surface area contributed by atoms with Gasteiger partial charge in [0.25, 0.3) is 5.91 Å². The monoisotopic (exact) mass is 519 g/mol. The van der Waals surface area contributed by atoms with Gasteiger partial charge in [-0.2, -0.15) is 13.2 Å². The van der Waals surface area contributed by atoms with Crippen LogP contribution in [0.5, 0.6) is 5.88 Å². The van der Waals surface area contributed by atoms with Crippen LogP contribution in [0, 0.1) is 11.6 Å². The molecule has 3 N–H and O–H groups in total. The highest BCUT2D eigenvalue weighted by Gasteiger charge is 2.44. The number of thioether (sulfide) groups is 1. The second-order valence-corrected chi connectivity index (χ2v) is 9.91. The Kier molecular flexibility index (Phi) is 7.55. The molecule has 1 aliphatic heterocycles. The molecule has 14 heteroatoms. The van der Waals surface area contributed by atoms with Crippen LogP contribution in [0.2, 0.25) is 0 Å². The SMILES string of the molecule is COC[C@@]1(C)C[C@@](C)(c2cc(NC(=O)c3cnc(OCC(F)(F)F)cn3)cc(F)c2F)N=C(N)S1. The minimum absolute atomic E-state index is 0.0928. The van der Waals surface area contributed by atoms with E-state index in [9.17, 15) is 26.7 Å². The molecule has 3 rings (SSSR count). The van der Waals surface area contributed by atoms with Gasteiger partial charge in [0.05, 0.1) is 24.5 Å². The van der Waals surface area contributed by atoms with Crippen LogP contribution >= 0.6 is 11.8 Å². The standard InChI is InChI=1S/C21H22F5N5O3S/c1-19(9-33-3)8-20(2,31-18(27)35-19)12-4-11(5-13(22)16(12)23)30-17(32)14-6-29-15(7-28-14)34-10-21(24,25)26/h4-7H,8-10H2,1-3H3,(H2,27,31)(H,30,32)/t19-,20+/m1/s1. The van der Waals surface area contributed by atoms with E-state index in [0.29, 0.717) is 0 Å². The van der Waals surface area contributed by atoms with Crippen molar-refractivity contribution in [3.63, 3.8) is 0 Å². The molecule has 0 bridgehead atoms. The number of nitrogens with one attached hydrogen (secondary N) is 1. The number of rotatable bonds is 7. The predicted octanol–water partition coefficient (Wildman–Crippen LogP) is 4.02. The van der Waals surface area contributed by atoms with Gasteiger partial charge in [0.15, 0.2) is 23.4 Å². The summed E-state index contributed by atoms with van der Waals surface area (Å²) in [6, 6.07) is 2.03. The molecule has 35 heavy (non-hydrogen) atoms. The average Bonchev–Trinajstić information content (AvgIpc) is 2.73. The highest BCUT2D eigenvalue weighted by atomic mass is 32.2. The molecule has 0 unspecified atom stereocenters. The molecule has 0 fully saturated rings. The lowest BCUT2D eigenvalue weighted by molar-refractivity contribution is -0.154. The zero-order valence-electron chi connectivity index (χ0n) is 18.9. The maximum atomic E-state index is 14.9. The number of hydrogen-bond acceptors (Lipinski definition) is 8. The van der Waals surface area contributed by atoms with Crippen LogP contribution in [-0.2, 0) is 10.3 Å². The molecule has 1 aliphatic rings. The molecule has 0 aliphatic carbocycles. The Morgan fingerprint density at radius 2 is 1.94 bits per heavy atom. The lowest BCUT2D eigenvalue weighted by atomic mass is 9.83. The van der Waals surface area contributed by atoms with Crippen molar-refractivity contribution in [1.82, 2.24) is 9.97 Å². The summed E-state index contributed by atoms with van der Waals surface area (Å²) in [6.07, 6.45) is -2.57. The molecule has 0 saturated carbocycles. The Balaban J connectivity index is 1.84. The first kappa shape index (κ1) is 26.6. The van der Waals surface area contributed by atoms with Crippen LogP contribution in [-0.4, -0.2) is 52.3 Å². The average molecular weight is 519 g/mol. The van der Waals surface area contributed by atoms with E-state index >= 15 is 0 Å². The van der Waals surface area contributed by atoms with Crippen LogP contribution in [0.15, 0.2) is 29.5 Å². The number of carbonyl (C=O) groups is 1. The molecule has 1 aromatic carbocycles. The van der Waals surface area contributed by atoms with Crippen molar-refractivity contribution in [3.05, 3.63) is 47.4 Å². The van der Waals surface area contributed by atoms with Crippen molar-refractivity contribution in [2.24, 2.45) is 10.7 Å². The number of hydrogen-bond donors (Lipinski definition) is 2. The largest absolute Gasteiger partial charge is 0.467 e. The number of amidine groups is 1. The molecular weight excluding hydrogens is 497 g/mol. The van der Waals surface area contributed by atoms with E-state index in [2.05, 4.69) is 25.0 Å². The lowest BCUT2D eigenvalue weighted by Gasteiger charge is -2.41. The van der Waals surface area contributed by atoms with E-state index in [4.69, 9.17) is 10.5 Å². The van der Waals surface area contributed by atoms with Gasteiger partial charge in [-0.25, -0.2) is 18.7 Å². The molecule has 2 atom stereocenters. The van der Waals surface area contributed by atoms with E-state index in [1.807, 2.05) is 6.92 Å². The fourth-order valence-electron chi connectivity index (χ4n) is 3.78. The number of amides is 1. The summed E-state index contributed by atoms with van der Waals surface area (Å²) in [5.74, 6) is -3.65. The molecular formula is C21H22F5N5O3S. The zero-order chi connectivity index (χ0) is 26.0. The number of alkyl halides is 3. The summed E-state index contributed by atoms with van der Waals surface area (Å²) < 4.78 is 75.2. The highest BCUT2D eigenvalue weighted by molar-refractivity contribution is 8.15. The Bertz CT molecular complexity index is 1130. The number of benzene rings is 1. The van der Waals surface area contributed by atoms with E-state index in [0.717, 1.165) is 18.5 Å². The highest BCUT2D eigenvalue weighted by Crippen LogP contribution is 2.46. The van der Waals surface area contributed by atoms with Gasteiger partial charge in [-0.05, 0) is 26.3 Å². The van der Waals surface area contributed by atoms with Crippen LogP contribution in [0.1, 0.15) is 36.3 Å². The van der Waals surface area contributed by atoms with Gasteiger partial charge in [-0.3, -0.25) is 9.79 Å². The van der Waals surface area contributed by atoms with Gasteiger partial charge in [-0.15, -0.1) is 0 Å². The van der Waals surface area contributed by atoms with Crippen molar-refractivity contribution in [2.45, 2.75) is 36.7 Å². The zero-order valence-corrected chi connectivity index (χ0v) is 19.7. The Morgan fingerprint density at radius 1 is 1.23 bits per heavy atom. The number of halogens is 5. The summed E-state index contributed by atoms with van der Waals surface area (Å²) in [4.78, 5) is 24.2. The van der Waals surface area contributed by atoms with Crippen molar-refractivity contribution >= 4 is 28.5 Å². The third kappa shape index (κ3) is 6.57. The van der Waals surface area contributed by atoms with Gasteiger partial charge < -0.3 is 20.5 Å². The summed E-state index contributed by atoms with van der Waals surface area (Å²) in [6.45, 7) is 2.17.